The molecule has 6 N–H and O–H groups in total. The van der Waals surface area contributed by atoms with Gasteiger partial charge in [-0.2, -0.15) is 0 Å². The molecule has 16 nitrogen and oxygen atoms in total. The van der Waals surface area contributed by atoms with E-state index in [9.17, 15) is 14.9 Å². The molecule has 0 bridgehead atoms. The van der Waals surface area contributed by atoms with Crippen LogP contribution >= 0.6 is 15.6 Å². The standard InChI is InChI=1S/C25H28N4O4.2H3O4P/c1-4-28(5-2)16-8-9-18(3)26-25(30)22-17-19(27-23-11-7-6-10-21(22)23)12-13-20-14-15-24(33-20)29(31)32;2*1-5(2,3)4/h6-7,10-15,17H,4-5,8-9,16H2,1-3H3;2*(H3,1,2,3,4)/b13-12+,26-18?;;. The van der Waals surface area contributed by atoms with Gasteiger partial charge in [-0.3, -0.25) is 14.9 Å². The molecule has 0 radical (unpaired) electrons. The number of amides is 1. The van der Waals surface area contributed by atoms with Crippen LogP contribution in [0.2, 0.25) is 0 Å². The van der Waals surface area contributed by atoms with Crippen LogP contribution in [0.5, 0.6) is 0 Å². The van der Waals surface area contributed by atoms with Crippen LogP contribution in [0, 0.1) is 10.1 Å². The number of hydrogen-bond acceptors (Lipinski definition) is 8. The normalized spacial score (nSPS) is 12.1. The van der Waals surface area contributed by atoms with Crippen molar-refractivity contribution in [1.82, 2.24) is 9.88 Å². The Hall–Kier alpha value is -3.43. The average Bonchev–Trinajstić information content (AvgIpc) is 3.37. The summed E-state index contributed by atoms with van der Waals surface area (Å²) in [6, 6.07) is 11.9. The number of nitro groups is 1. The Morgan fingerprint density at radius 2 is 1.60 bits per heavy atom. The van der Waals surface area contributed by atoms with E-state index < -0.39 is 20.6 Å². The number of benzene rings is 1. The Morgan fingerprint density at radius 3 is 2.14 bits per heavy atom. The number of fused-ring (bicyclic) bond motifs is 1. The topological polar surface area (TPSA) is 257 Å². The molecule has 0 saturated heterocycles. The number of carbonyl (C=O) groups is 1. The maximum atomic E-state index is 13.0. The highest BCUT2D eigenvalue weighted by molar-refractivity contribution is 7.45. The van der Waals surface area contributed by atoms with Crippen LogP contribution in [-0.4, -0.2) is 75.4 Å². The van der Waals surface area contributed by atoms with E-state index in [1.54, 1.807) is 18.2 Å². The number of aliphatic imine (C=N–C) groups is 1. The molecule has 0 spiro atoms. The second kappa shape index (κ2) is 17.6. The lowest BCUT2D eigenvalue weighted by Gasteiger charge is -2.17. The zero-order valence-electron chi connectivity index (χ0n) is 23.5. The van der Waals surface area contributed by atoms with Crippen molar-refractivity contribution in [2.24, 2.45) is 4.99 Å². The highest BCUT2D eigenvalue weighted by atomic mass is 31.2. The molecule has 1 amide bonds. The third-order valence-corrected chi connectivity index (χ3v) is 5.38. The van der Waals surface area contributed by atoms with Crippen molar-refractivity contribution in [3.63, 3.8) is 0 Å². The molecule has 43 heavy (non-hydrogen) atoms. The van der Waals surface area contributed by atoms with Gasteiger partial charge in [0.2, 0.25) is 0 Å². The summed E-state index contributed by atoms with van der Waals surface area (Å²) in [5.41, 5.74) is 2.47. The minimum atomic E-state index is -4.64. The number of rotatable bonds is 10. The van der Waals surface area contributed by atoms with Gasteiger partial charge < -0.3 is 38.7 Å². The fourth-order valence-corrected chi connectivity index (χ4v) is 3.54. The summed E-state index contributed by atoms with van der Waals surface area (Å²) in [6.07, 6.45) is 4.95. The summed E-state index contributed by atoms with van der Waals surface area (Å²) in [6.45, 7) is 9.16. The summed E-state index contributed by atoms with van der Waals surface area (Å²) < 4.78 is 22.9. The van der Waals surface area contributed by atoms with Crippen molar-refractivity contribution in [2.75, 3.05) is 19.6 Å². The van der Waals surface area contributed by atoms with Crippen LogP contribution < -0.4 is 0 Å². The van der Waals surface area contributed by atoms with Gasteiger partial charge in [-0.05, 0) is 69.8 Å². The number of carbonyl (C=O) groups excluding carboxylic acids is 1. The van der Waals surface area contributed by atoms with Crippen LogP contribution in [0.1, 0.15) is 55.4 Å². The molecule has 3 rings (SSSR count). The summed E-state index contributed by atoms with van der Waals surface area (Å²) in [4.78, 5) is 77.6. The van der Waals surface area contributed by atoms with Crippen molar-refractivity contribution in [2.45, 2.75) is 33.6 Å². The SMILES string of the molecule is CCN(CC)CCCC(C)=NC(=O)c1cc(/C=C/c2ccc([N+](=O)[O-])o2)nc2ccccc12.O=P(O)(O)O.O=P(O)(O)O. The molecule has 0 aliphatic heterocycles. The van der Waals surface area contributed by atoms with E-state index >= 15 is 0 Å². The predicted octanol–water partition coefficient (Wildman–Crippen LogP) is 3.77. The van der Waals surface area contributed by atoms with Gasteiger partial charge in [-0.1, -0.05) is 32.0 Å². The average molecular weight is 645 g/mol. The van der Waals surface area contributed by atoms with Crippen molar-refractivity contribution >= 4 is 56.2 Å². The maximum Gasteiger partial charge on any atom is 0.466 e. The van der Waals surface area contributed by atoms with Gasteiger partial charge in [0.15, 0.2) is 0 Å². The van der Waals surface area contributed by atoms with Crippen LogP contribution in [0.15, 0.2) is 51.9 Å². The monoisotopic (exact) mass is 644 g/mol. The molecule has 18 heteroatoms. The summed E-state index contributed by atoms with van der Waals surface area (Å²) >= 11 is 0. The lowest BCUT2D eigenvalue weighted by atomic mass is 10.1. The lowest BCUT2D eigenvalue weighted by molar-refractivity contribution is -0.402. The fraction of sp³-hybridized carbons (Fsp3) is 0.320. The molecule has 2 aromatic heterocycles. The Balaban J connectivity index is 0.000000798. The molecular formula is C25H34N4O12P2. The van der Waals surface area contributed by atoms with Crippen molar-refractivity contribution in [1.29, 1.82) is 0 Å². The van der Waals surface area contributed by atoms with Crippen molar-refractivity contribution in [3.05, 3.63) is 69.6 Å². The number of pyridine rings is 1. The number of phosphoric acid groups is 2. The Kier molecular flexibility index (Phi) is 15.4. The molecule has 236 valence electrons. The van der Waals surface area contributed by atoms with Crippen LogP contribution in [-0.2, 0) is 9.13 Å². The van der Waals surface area contributed by atoms with Crippen molar-refractivity contribution in [3.8, 4) is 0 Å². The van der Waals surface area contributed by atoms with Gasteiger partial charge in [0.05, 0.1) is 22.8 Å². The third kappa shape index (κ3) is 16.7. The van der Waals surface area contributed by atoms with E-state index in [-0.39, 0.29) is 11.8 Å². The first kappa shape index (κ1) is 37.6. The van der Waals surface area contributed by atoms with Crippen LogP contribution in [0.25, 0.3) is 23.1 Å². The van der Waals surface area contributed by atoms with Gasteiger partial charge in [0, 0.05) is 11.1 Å². The molecular weight excluding hydrogens is 610 g/mol. The minimum Gasteiger partial charge on any atom is -0.401 e. The second-order valence-corrected chi connectivity index (χ2v) is 10.7. The molecule has 0 unspecified atom stereocenters. The number of furan rings is 1. The first-order valence-corrected chi connectivity index (χ1v) is 15.7. The van der Waals surface area contributed by atoms with Gasteiger partial charge in [-0.15, -0.1) is 0 Å². The quantitative estimate of drug-likeness (QED) is 0.0795. The molecule has 3 aromatic rings. The number of aromatic nitrogens is 1. The Morgan fingerprint density at radius 1 is 1.02 bits per heavy atom. The van der Waals surface area contributed by atoms with Crippen molar-refractivity contribution < 1.29 is 52.6 Å². The molecule has 0 fully saturated rings. The number of hydrogen-bond donors (Lipinski definition) is 6. The smallest absolute Gasteiger partial charge is 0.401 e. The highest BCUT2D eigenvalue weighted by Gasteiger charge is 2.13. The first-order valence-electron chi connectivity index (χ1n) is 12.6. The zero-order valence-corrected chi connectivity index (χ0v) is 25.3. The maximum absolute atomic E-state index is 13.0. The fourth-order valence-electron chi connectivity index (χ4n) is 3.54. The minimum absolute atomic E-state index is 0.308. The van der Waals surface area contributed by atoms with Gasteiger partial charge >= 0.3 is 21.5 Å². The Bertz CT molecular complexity index is 1490. The third-order valence-electron chi connectivity index (χ3n) is 5.38. The largest absolute Gasteiger partial charge is 0.466 e. The lowest BCUT2D eigenvalue weighted by Crippen LogP contribution is -2.24. The molecule has 0 atom stereocenters. The zero-order chi connectivity index (χ0) is 32.8. The van der Waals surface area contributed by atoms with E-state index in [4.69, 9.17) is 42.9 Å². The van der Waals surface area contributed by atoms with Gasteiger partial charge in [-0.25, -0.2) is 19.1 Å². The molecule has 0 saturated carbocycles. The second-order valence-electron chi connectivity index (χ2n) is 8.69. The first-order chi connectivity index (χ1) is 19.9. The van der Waals surface area contributed by atoms with E-state index in [0.29, 0.717) is 22.5 Å². The van der Waals surface area contributed by atoms with E-state index in [2.05, 4.69) is 28.7 Å². The summed E-state index contributed by atoms with van der Waals surface area (Å²) in [5.74, 6) is -0.313. The van der Waals surface area contributed by atoms with Gasteiger partial charge in [0.25, 0.3) is 5.91 Å². The predicted molar refractivity (Wildman–Crippen MR) is 159 cm³/mol. The molecule has 0 aliphatic carbocycles. The van der Waals surface area contributed by atoms with Crippen LogP contribution in [0.4, 0.5) is 5.88 Å². The highest BCUT2D eigenvalue weighted by Crippen LogP contribution is 2.26. The number of nitrogens with zero attached hydrogens (tertiary/aromatic N) is 4. The Labute approximate surface area is 246 Å². The van der Waals surface area contributed by atoms with E-state index in [0.717, 1.165) is 43.6 Å². The molecule has 0 aliphatic rings. The molecule has 2 heterocycles. The van der Waals surface area contributed by atoms with Crippen LogP contribution in [0.3, 0.4) is 0 Å². The van der Waals surface area contributed by atoms with E-state index in [1.165, 1.54) is 12.1 Å². The molecule has 1 aromatic carbocycles. The van der Waals surface area contributed by atoms with Gasteiger partial charge in [0.1, 0.15) is 10.7 Å². The summed E-state index contributed by atoms with van der Waals surface area (Å²) in [7, 11) is -9.28. The number of para-hydroxylation sites is 1. The summed E-state index contributed by atoms with van der Waals surface area (Å²) in [5, 5.41) is 11.5. The van der Waals surface area contributed by atoms with E-state index in [1.807, 2.05) is 31.2 Å².